The molecule has 7 rings (SSSR count). The number of carbonyl (C=O) groups excluding carboxylic acids is 5. The fraction of sp³-hybridized carbons (Fsp3) is 0.383. The van der Waals surface area contributed by atoms with Gasteiger partial charge in [-0.2, -0.15) is 10.2 Å². The molecule has 68 heavy (non-hydrogen) atoms. The molecule has 0 spiro atoms. The van der Waals surface area contributed by atoms with Crippen LogP contribution in [0, 0.1) is 31.6 Å². The number of benzene rings is 2. The molecule has 2 aromatic carbocycles. The maximum absolute atomic E-state index is 13.9. The van der Waals surface area contributed by atoms with Crippen LogP contribution in [0.25, 0.3) is 22.1 Å². The van der Waals surface area contributed by atoms with E-state index in [1.165, 1.54) is 31.4 Å². The van der Waals surface area contributed by atoms with Gasteiger partial charge in [0.15, 0.2) is 0 Å². The normalized spacial score (nSPS) is 13.0. The van der Waals surface area contributed by atoms with E-state index in [2.05, 4.69) is 32.7 Å². The second-order valence-corrected chi connectivity index (χ2v) is 16.4. The van der Waals surface area contributed by atoms with Crippen molar-refractivity contribution < 1.29 is 38.2 Å². The molecule has 0 radical (unpaired) electrons. The standard InChI is InChI=1S/C47H55N13O8/c1-8-59-35(21-28(5)54-59)43(63)52-45-50-33-23-31(41(48)61)25-37(66-7)39(33)57(45)16-10-11-17-58-40-34(51-46(58)53-44(64)36-22-29(6)55-60(36)9-2)24-32(42(49)62)26-38(40)67-20-12-13-30-14-18-56(19-15-30)47(65)68-27(3)4/h10-11,21-27,30H,8-9,14-20H2,1-7H3,(H2,48,61)(H2,49,62)(H,50,52,63)(H,51,53,64)/b11-10+. The number of ether oxygens (including phenoxy) is 3. The zero-order chi connectivity index (χ0) is 48.8. The van der Waals surface area contributed by atoms with E-state index in [9.17, 15) is 24.0 Å². The lowest BCUT2D eigenvalue weighted by atomic mass is 9.98. The number of nitrogens with two attached hydrogens (primary N) is 2. The van der Waals surface area contributed by atoms with Crippen molar-refractivity contribution in [3.05, 3.63) is 82.5 Å². The fourth-order valence-electron chi connectivity index (χ4n) is 7.97. The van der Waals surface area contributed by atoms with Gasteiger partial charge < -0.3 is 39.7 Å². The van der Waals surface area contributed by atoms with Crippen molar-refractivity contribution >= 4 is 63.7 Å². The number of methoxy groups -OCH3 is 1. The Kier molecular flexibility index (Phi) is 14.5. The second kappa shape index (κ2) is 20.6. The Morgan fingerprint density at radius 1 is 0.765 bits per heavy atom. The first-order valence-electron chi connectivity index (χ1n) is 22.2. The number of hydrogen-bond donors (Lipinski definition) is 4. The molecule has 5 heterocycles. The molecule has 0 atom stereocenters. The number of piperidine rings is 1. The molecule has 5 amide bonds. The Hall–Kier alpha value is -8.15. The molecular formula is C47H55N13O8. The van der Waals surface area contributed by atoms with Crippen molar-refractivity contribution in [2.45, 2.75) is 86.7 Å². The van der Waals surface area contributed by atoms with Crippen LogP contribution in [-0.4, -0.2) is 106 Å². The lowest BCUT2D eigenvalue weighted by Gasteiger charge is -2.29. The van der Waals surface area contributed by atoms with Gasteiger partial charge in [0.25, 0.3) is 11.8 Å². The molecule has 0 bridgehead atoms. The summed E-state index contributed by atoms with van der Waals surface area (Å²) in [5.41, 5.74) is 15.3. The van der Waals surface area contributed by atoms with E-state index < -0.39 is 23.6 Å². The number of aryl methyl sites for hydroxylation is 4. The highest BCUT2D eigenvalue weighted by Crippen LogP contribution is 2.33. The van der Waals surface area contributed by atoms with Crippen molar-refractivity contribution in [3.8, 4) is 23.3 Å². The molecule has 0 aliphatic carbocycles. The molecule has 0 unspecified atom stereocenters. The van der Waals surface area contributed by atoms with Gasteiger partial charge in [0, 0.05) is 56.3 Å². The number of allylic oxidation sites excluding steroid dienone is 2. The summed E-state index contributed by atoms with van der Waals surface area (Å²) in [6, 6.07) is 9.42. The maximum atomic E-state index is 13.9. The summed E-state index contributed by atoms with van der Waals surface area (Å²) >= 11 is 0. The van der Waals surface area contributed by atoms with E-state index in [1.807, 2.05) is 39.8 Å². The van der Waals surface area contributed by atoms with Crippen molar-refractivity contribution in [2.24, 2.45) is 17.4 Å². The Balaban J connectivity index is 1.23. The van der Waals surface area contributed by atoms with Gasteiger partial charge in [-0.25, -0.2) is 14.8 Å². The zero-order valence-corrected chi connectivity index (χ0v) is 39.1. The van der Waals surface area contributed by atoms with Crippen LogP contribution in [0.3, 0.4) is 0 Å². The van der Waals surface area contributed by atoms with Crippen LogP contribution in [0.2, 0.25) is 0 Å². The molecule has 1 aliphatic rings. The monoisotopic (exact) mass is 929 g/mol. The summed E-state index contributed by atoms with van der Waals surface area (Å²) in [6.45, 7) is 13.1. The molecule has 1 saturated heterocycles. The molecule has 4 aromatic heterocycles. The number of nitrogens with one attached hydrogen (secondary N) is 2. The van der Waals surface area contributed by atoms with Crippen LogP contribution < -0.4 is 31.6 Å². The van der Waals surface area contributed by atoms with E-state index >= 15 is 0 Å². The quantitative estimate of drug-likeness (QED) is 0.0735. The summed E-state index contributed by atoms with van der Waals surface area (Å²) in [7, 11) is 1.45. The third-order valence-corrected chi connectivity index (χ3v) is 11.2. The van der Waals surface area contributed by atoms with Crippen molar-refractivity contribution in [3.63, 3.8) is 0 Å². The van der Waals surface area contributed by atoms with E-state index in [0.29, 0.717) is 89.6 Å². The first-order valence-corrected chi connectivity index (χ1v) is 22.2. The van der Waals surface area contributed by atoms with Gasteiger partial charge in [-0.15, -0.1) is 0 Å². The van der Waals surface area contributed by atoms with Gasteiger partial charge in [-0.1, -0.05) is 24.0 Å². The van der Waals surface area contributed by atoms with Gasteiger partial charge in [0.05, 0.1) is 35.6 Å². The van der Waals surface area contributed by atoms with Crippen LogP contribution in [0.15, 0.2) is 48.6 Å². The third-order valence-electron chi connectivity index (χ3n) is 11.2. The fourth-order valence-corrected chi connectivity index (χ4v) is 7.97. The van der Waals surface area contributed by atoms with Gasteiger partial charge in [-0.05, 0) is 90.8 Å². The van der Waals surface area contributed by atoms with Crippen LogP contribution in [0.1, 0.15) is 93.6 Å². The molecule has 1 fully saturated rings. The van der Waals surface area contributed by atoms with Crippen molar-refractivity contribution in [1.82, 2.24) is 43.6 Å². The highest BCUT2D eigenvalue weighted by atomic mass is 16.6. The first-order chi connectivity index (χ1) is 32.6. The maximum Gasteiger partial charge on any atom is 0.410 e. The SMILES string of the molecule is CCn1nc(C)cc1C(=O)Nc1nc2cc(C(N)=O)cc(OC)c2n1C/C=C/Cn1c(NC(=O)c2cc(C)nn2CC)nc2cc(C(N)=O)cc(OCC#CC3CCN(C(=O)OC(C)C)CC3)c21. The van der Waals surface area contributed by atoms with Crippen LogP contribution in [-0.2, 0) is 30.9 Å². The van der Waals surface area contributed by atoms with E-state index in [-0.39, 0.29) is 66.6 Å². The largest absolute Gasteiger partial charge is 0.494 e. The minimum absolute atomic E-state index is 0.0343. The Labute approximate surface area is 391 Å². The number of rotatable bonds is 16. The molecule has 356 valence electrons. The lowest BCUT2D eigenvalue weighted by Crippen LogP contribution is -2.39. The number of primary amides is 2. The average molecular weight is 930 g/mol. The molecule has 6 N–H and O–H groups in total. The van der Waals surface area contributed by atoms with E-state index in [4.69, 9.17) is 35.6 Å². The number of fused-ring (bicyclic) bond motifs is 2. The second-order valence-electron chi connectivity index (χ2n) is 16.4. The number of imidazole rings is 2. The number of carbonyl (C=O) groups is 5. The van der Waals surface area contributed by atoms with Gasteiger partial charge in [0.2, 0.25) is 23.7 Å². The van der Waals surface area contributed by atoms with Gasteiger partial charge >= 0.3 is 6.09 Å². The topological polar surface area (TPSA) is 264 Å². The van der Waals surface area contributed by atoms with Crippen molar-refractivity contribution in [1.29, 1.82) is 0 Å². The Bertz CT molecular complexity index is 3010. The third kappa shape index (κ3) is 10.4. The number of hydrogen-bond acceptors (Lipinski definition) is 12. The molecule has 21 nitrogen and oxygen atoms in total. The van der Waals surface area contributed by atoms with Crippen molar-refractivity contribution in [2.75, 3.05) is 37.4 Å². The first kappa shape index (κ1) is 47.8. The number of nitrogens with zero attached hydrogens (tertiary/aromatic N) is 9. The lowest BCUT2D eigenvalue weighted by molar-refractivity contribution is 0.0682. The minimum atomic E-state index is -0.712. The predicted octanol–water partition coefficient (Wildman–Crippen LogP) is 5.04. The highest BCUT2D eigenvalue weighted by Gasteiger charge is 2.25. The van der Waals surface area contributed by atoms with Crippen LogP contribution in [0.4, 0.5) is 16.7 Å². The number of amides is 5. The number of aromatic nitrogens is 8. The zero-order valence-electron chi connectivity index (χ0n) is 39.1. The molecular weight excluding hydrogens is 875 g/mol. The molecule has 1 aliphatic heterocycles. The molecule has 0 saturated carbocycles. The summed E-state index contributed by atoms with van der Waals surface area (Å²) in [6.07, 6.45) is 4.45. The van der Waals surface area contributed by atoms with E-state index in [1.54, 1.807) is 49.4 Å². The summed E-state index contributed by atoms with van der Waals surface area (Å²) in [5.74, 6) is 4.93. The van der Waals surface area contributed by atoms with E-state index in [0.717, 1.165) is 0 Å². The summed E-state index contributed by atoms with van der Waals surface area (Å²) in [5, 5.41) is 14.7. The van der Waals surface area contributed by atoms with Gasteiger partial charge in [0.1, 0.15) is 40.5 Å². The Morgan fingerprint density at radius 3 is 1.71 bits per heavy atom. The highest BCUT2D eigenvalue weighted by molar-refractivity contribution is 6.05. The summed E-state index contributed by atoms with van der Waals surface area (Å²) < 4.78 is 24.0. The number of anilines is 2. The van der Waals surface area contributed by atoms with Crippen LogP contribution in [0.5, 0.6) is 11.5 Å². The number of likely N-dealkylation sites (tertiary alicyclic amines) is 1. The van der Waals surface area contributed by atoms with Crippen LogP contribution >= 0.6 is 0 Å². The predicted molar refractivity (Wildman–Crippen MR) is 253 cm³/mol. The molecule has 21 heteroatoms. The smallest absolute Gasteiger partial charge is 0.410 e. The minimum Gasteiger partial charge on any atom is -0.494 e. The molecule has 6 aromatic rings. The Morgan fingerprint density at radius 2 is 1.25 bits per heavy atom. The van der Waals surface area contributed by atoms with Gasteiger partial charge in [-0.3, -0.25) is 39.2 Å². The summed E-state index contributed by atoms with van der Waals surface area (Å²) in [4.78, 5) is 76.0. The average Bonchev–Trinajstić information content (AvgIpc) is 4.08.